The Hall–Kier alpha value is -3.76. The van der Waals surface area contributed by atoms with E-state index in [-0.39, 0.29) is 17.4 Å². The van der Waals surface area contributed by atoms with Gasteiger partial charge in [-0.25, -0.2) is 4.98 Å². The lowest BCUT2D eigenvalue weighted by atomic mass is 9.86. The Morgan fingerprint density at radius 3 is 2.84 bits per heavy atom. The fourth-order valence-electron chi connectivity index (χ4n) is 5.72. The quantitative estimate of drug-likeness (QED) is 0.384. The first kappa shape index (κ1) is 23.6. The molecule has 2 aromatic heterocycles. The van der Waals surface area contributed by atoms with Crippen LogP contribution in [0.15, 0.2) is 42.6 Å². The average molecular weight is 501 g/mol. The van der Waals surface area contributed by atoms with Gasteiger partial charge in [-0.3, -0.25) is 9.89 Å². The van der Waals surface area contributed by atoms with E-state index in [2.05, 4.69) is 38.7 Å². The number of carbonyl (C=O) groups is 1. The molecule has 0 saturated carbocycles. The summed E-state index contributed by atoms with van der Waals surface area (Å²) >= 11 is 0. The first-order valence-electron chi connectivity index (χ1n) is 12.8. The van der Waals surface area contributed by atoms with Crippen LogP contribution < -0.4 is 20.4 Å². The number of nitrogens with one attached hydrogen (secondary N) is 4. The number of hydrogen-bond acceptors (Lipinski definition) is 8. The van der Waals surface area contributed by atoms with Crippen LogP contribution in [0.25, 0.3) is 11.1 Å². The van der Waals surface area contributed by atoms with Gasteiger partial charge < -0.3 is 30.6 Å². The van der Waals surface area contributed by atoms with E-state index in [1.165, 1.54) is 6.21 Å². The Morgan fingerprint density at radius 1 is 1.27 bits per heavy atom. The van der Waals surface area contributed by atoms with Crippen molar-refractivity contribution in [2.45, 2.75) is 25.8 Å². The molecule has 10 nitrogen and oxygen atoms in total. The van der Waals surface area contributed by atoms with Gasteiger partial charge in [0.05, 0.1) is 25.5 Å². The molecule has 2 atom stereocenters. The van der Waals surface area contributed by atoms with Crippen LogP contribution in [-0.2, 0) is 9.53 Å². The second-order valence-corrected chi connectivity index (χ2v) is 10.3. The molecule has 0 radical (unpaired) electrons. The normalized spacial score (nSPS) is 23.7. The lowest BCUT2D eigenvalue weighted by Crippen LogP contribution is -2.44. The summed E-state index contributed by atoms with van der Waals surface area (Å²) in [6, 6.07) is 12.2. The number of carbonyl (C=O) groups excluding carboxylic acids is 1. The molecule has 1 amide bonds. The molecule has 1 spiro atoms. The van der Waals surface area contributed by atoms with Crippen molar-refractivity contribution in [1.82, 2.24) is 20.5 Å². The first-order valence-corrected chi connectivity index (χ1v) is 12.8. The number of hydrogen-bond donors (Lipinski definition) is 4. The van der Waals surface area contributed by atoms with E-state index < -0.39 is 0 Å². The maximum Gasteiger partial charge on any atom is 0.227 e. The van der Waals surface area contributed by atoms with E-state index in [9.17, 15) is 4.79 Å². The van der Waals surface area contributed by atoms with E-state index in [0.717, 1.165) is 55.2 Å². The van der Waals surface area contributed by atoms with Crippen LogP contribution in [-0.4, -0.2) is 72.7 Å². The number of nitrogens with zero attached hydrogens (tertiary/aromatic N) is 4. The molecule has 192 valence electrons. The fraction of sp³-hybridized carbons (Fsp3) is 0.407. The summed E-state index contributed by atoms with van der Waals surface area (Å²) in [6.07, 6.45) is 4.66. The van der Waals surface area contributed by atoms with Crippen molar-refractivity contribution >= 4 is 35.3 Å². The Kier molecular flexibility index (Phi) is 6.13. The summed E-state index contributed by atoms with van der Waals surface area (Å²) in [6.45, 7) is 6.80. The van der Waals surface area contributed by atoms with Crippen molar-refractivity contribution in [3.05, 3.63) is 48.2 Å². The summed E-state index contributed by atoms with van der Waals surface area (Å²) < 4.78 is 5.64. The van der Waals surface area contributed by atoms with Gasteiger partial charge >= 0.3 is 0 Å². The molecule has 10 heteroatoms. The molecule has 3 aromatic rings. The standard InChI is InChI=1S/C27H32N8O2/c1-18-15-37-11-10-34(18)24-12-21(22(14-28)26(32-24)31-23-6-8-30-33-23)19-2-4-20(5-3-19)35-17-27(13-25(35)36)7-9-29-16-27/h2-6,8,12,14,18,28-29H,7,9-11,13,15-17H2,1H3,(H2,30,31,32,33)/t18-,27?/m1/s1. The predicted octanol–water partition coefficient (Wildman–Crippen LogP) is 3.15. The molecule has 0 bridgehead atoms. The number of anilines is 4. The molecule has 0 aliphatic carbocycles. The van der Waals surface area contributed by atoms with Crippen LogP contribution in [0.4, 0.5) is 23.1 Å². The number of morpholine rings is 1. The second kappa shape index (κ2) is 9.60. The Labute approximate surface area is 215 Å². The van der Waals surface area contributed by atoms with Crippen LogP contribution >= 0.6 is 0 Å². The molecular weight excluding hydrogens is 468 g/mol. The van der Waals surface area contributed by atoms with Crippen molar-refractivity contribution in [1.29, 1.82) is 5.41 Å². The molecule has 3 fully saturated rings. The lowest BCUT2D eigenvalue weighted by molar-refractivity contribution is -0.117. The predicted molar refractivity (Wildman–Crippen MR) is 144 cm³/mol. The molecule has 3 saturated heterocycles. The maximum atomic E-state index is 12.9. The van der Waals surface area contributed by atoms with Crippen molar-refractivity contribution in [3.63, 3.8) is 0 Å². The molecular formula is C27H32N8O2. The minimum atomic E-state index is 0.0607. The third-order valence-electron chi connectivity index (χ3n) is 7.75. The van der Waals surface area contributed by atoms with Crippen molar-refractivity contribution in [2.24, 2.45) is 5.41 Å². The highest BCUT2D eigenvalue weighted by atomic mass is 16.5. The van der Waals surface area contributed by atoms with Crippen molar-refractivity contribution in [3.8, 4) is 11.1 Å². The van der Waals surface area contributed by atoms with Crippen LogP contribution in [0, 0.1) is 10.8 Å². The zero-order valence-corrected chi connectivity index (χ0v) is 21.0. The summed E-state index contributed by atoms with van der Waals surface area (Å²) in [7, 11) is 0. The van der Waals surface area contributed by atoms with E-state index >= 15 is 0 Å². The molecule has 4 N–H and O–H groups in total. The number of H-pyrrole nitrogens is 1. The number of aromatic amines is 1. The van der Waals surface area contributed by atoms with Crippen LogP contribution in [0.2, 0.25) is 0 Å². The van der Waals surface area contributed by atoms with Gasteiger partial charge in [0.15, 0.2) is 0 Å². The molecule has 3 aliphatic rings. The van der Waals surface area contributed by atoms with Crippen LogP contribution in [0.3, 0.4) is 0 Å². The third-order valence-corrected chi connectivity index (χ3v) is 7.75. The van der Waals surface area contributed by atoms with Gasteiger partial charge in [0, 0.05) is 55.0 Å². The van der Waals surface area contributed by atoms with Gasteiger partial charge in [-0.05, 0) is 49.2 Å². The van der Waals surface area contributed by atoms with Gasteiger partial charge in [-0.15, -0.1) is 0 Å². The summed E-state index contributed by atoms with van der Waals surface area (Å²) in [5.74, 6) is 2.30. The zero-order chi connectivity index (χ0) is 25.4. The van der Waals surface area contributed by atoms with Gasteiger partial charge in [0.25, 0.3) is 0 Å². The SMILES string of the molecule is C[C@@H]1COCCN1c1cc(-c2ccc(N3CC4(CCNC4)CC3=O)cc2)c(C=N)c(Nc2ccn[nH]2)n1. The number of aromatic nitrogens is 3. The monoisotopic (exact) mass is 500 g/mol. The minimum Gasteiger partial charge on any atom is -0.377 e. The van der Waals surface area contributed by atoms with Crippen molar-refractivity contribution < 1.29 is 9.53 Å². The minimum absolute atomic E-state index is 0.0607. The largest absolute Gasteiger partial charge is 0.377 e. The summed E-state index contributed by atoms with van der Waals surface area (Å²) in [5, 5.41) is 21.9. The Morgan fingerprint density at radius 2 is 2.14 bits per heavy atom. The Bertz CT molecular complexity index is 1280. The van der Waals surface area contributed by atoms with E-state index in [4.69, 9.17) is 15.1 Å². The van der Waals surface area contributed by atoms with Crippen LogP contribution in [0.1, 0.15) is 25.3 Å². The smallest absolute Gasteiger partial charge is 0.227 e. The average Bonchev–Trinajstić information content (AvgIpc) is 3.66. The zero-order valence-electron chi connectivity index (χ0n) is 21.0. The topological polar surface area (TPSA) is 122 Å². The molecule has 1 unspecified atom stereocenters. The Balaban J connectivity index is 1.36. The highest BCUT2D eigenvalue weighted by Gasteiger charge is 2.45. The molecule has 1 aromatic carbocycles. The van der Waals surface area contributed by atoms with Gasteiger partial charge in [-0.1, -0.05) is 12.1 Å². The fourth-order valence-corrected chi connectivity index (χ4v) is 5.72. The number of pyridine rings is 1. The van der Waals surface area contributed by atoms with E-state index in [0.29, 0.717) is 36.8 Å². The number of benzene rings is 1. The van der Waals surface area contributed by atoms with Gasteiger partial charge in [0.1, 0.15) is 17.5 Å². The van der Waals surface area contributed by atoms with E-state index in [1.54, 1.807) is 6.20 Å². The number of ether oxygens (including phenoxy) is 1. The summed E-state index contributed by atoms with van der Waals surface area (Å²) in [5.41, 5.74) is 3.52. The highest BCUT2D eigenvalue weighted by Crippen LogP contribution is 2.40. The van der Waals surface area contributed by atoms with E-state index in [1.807, 2.05) is 35.2 Å². The van der Waals surface area contributed by atoms with Gasteiger partial charge in [-0.2, -0.15) is 5.10 Å². The second-order valence-electron chi connectivity index (χ2n) is 10.3. The molecule has 6 rings (SSSR count). The third kappa shape index (κ3) is 4.47. The lowest BCUT2D eigenvalue weighted by Gasteiger charge is -2.35. The number of amides is 1. The molecule has 37 heavy (non-hydrogen) atoms. The number of rotatable bonds is 6. The maximum absolute atomic E-state index is 12.9. The summed E-state index contributed by atoms with van der Waals surface area (Å²) in [4.78, 5) is 21.9. The van der Waals surface area contributed by atoms with Gasteiger partial charge in [0.2, 0.25) is 5.91 Å². The van der Waals surface area contributed by atoms with Crippen LogP contribution in [0.5, 0.6) is 0 Å². The molecule has 3 aliphatic heterocycles. The van der Waals surface area contributed by atoms with Crippen molar-refractivity contribution in [2.75, 3.05) is 54.5 Å². The highest BCUT2D eigenvalue weighted by molar-refractivity contribution is 5.98. The molecule has 5 heterocycles. The first-order chi connectivity index (χ1) is 18.0.